The second-order valence-corrected chi connectivity index (χ2v) is 8.35. The molecule has 0 aliphatic carbocycles. The maximum absolute atomic E-state index is 13.0. The molecule has 3 aromatic carbocycles. The molecule has 2 aliphatic heterocycles. The van der Waals surface area contributed by atoms with Gasteiger partial charge in [-0.25, -0.2) is 0 Å². The molecule has 0 unspecified atom stereocenters. The van der Waals surface area contributed by atoms with Crippen LogP contribution in [0.5, 0.6) is 17.2 Å². The van der Waals surface area contributed by atoms with Crippen LogP contribution in [0.2, 0.25) is 0 Å². The van der Waals surface area contributed by atoms with Gasteiger partial charge in [0.05, 0.1) is 28.4 Å². The minimum atomic E-state index is -0.595. The molecule has 5 rings (SSSR count). The molecule has 0 N–H and O–H groups in total. The van der Waals surface area contributed by atoms with Gasteiger partial charge in [-0.3, -0.25) is 9.69 Å². The summed E-state index contributed by atoms with van der Waals surface area (Å²) in [4.78, 5) is 15.3. The molecule has 1 saturated heterocycles. The number of carbonyl (C=O) groups excluding carboxylic acids is 1. The van der Waals surface area contributed by atoms with Crippen LogP contribution in [-0.4, -0.2) is 51.4 Å². The third kappa shape index (κ3) is 2.78. The highest BCUT2D eigenvalue weighted by atomic mass is 16.5. The lowest BCUT2D eigenvalue weighted by atomic mass is 9.78. The third-order valence-corrected chi connectivity index (χ3v) is 7.06. The molecule has 0 aromatic heterocycles. The number of benzene rings is 3. The van der Waals surface area contributed by atoms with Gasteiger partial charge in [0.25, 0.3) is 0 Å². The third-order valence-electron chi connectivity index (χ3n) is 7.06. The lowest BCUT2D eigenvalue weighted by molar-refractivity contribution is -0.154. The maximum atomic E-state index is 13.0. The highest BCUT2D eigenvalue weighted by molar-refractivity contribution is 6.12. The standard InChI is InChI=1S/C25H27NO5/c1-28-15-6-7-16-17(10-15)20-13-25(24(27)31-4)8-5-9-26(25)14-21(20)19-12-23(30-3)22(29-2)11-18(16)19/h6-7,10-12H,5,8-9,13-14H2,1-4H3/t25-/m0/s1. The van der Waals surface area contributed by atoms with Crippen molar-refractivity contribution < 1.29 is 23.7 Å². The van der Waals surface area contributed by atoms with Crippen LogP contribution < -0.4 is 14.2 Å². The SMILES string of the molecule is COC(=O)[C@@]12CCCN1Cc1c(c3cc(OC)ccc3c3cc(OC)c(OC)cc13)C2. The molecular formula is C25H27NO5. The fourth-order valence-corrected chi connectivity index (χ4v) is 5.54. The first-order valence-corrected chi connectivity index (χ1v) is 10.6. The van der Waals surface area contributed by atoms with Gasteiger partial charge in [-0.05, 0) is 76.3 Å². The van der Waals surface area contributed by atoms with E-state index in [-0.39, 0.29) is 5.97 Å². The van der Waals surface area contributed by atoms with Crippen LogP contribution in [0, 0.1) is 0 Å². The van der Waals surface area contributed by atoms with Gasteiger partial charge in [-0.1, -0.05) is 6.07 Å². The minimum absolute atomic E-state index is 0.140. The normalized spacial score (nSPS) is 20.4. The van der Waals surface area contributed by atoms with Crippen LogP contribution in [0.25, 0.3) is 21.5 Å². The highest BCUT2D eigenvalue weighted by Crippen LogP contribution is 2.47. The molecule has 31 heavy (non-hydrogen) atoms. The topological polar surface area (TPSA) is 57.2 Å². The number of hydrogen-bond acceptors (Lipinski definition) is 6. The van der Waals surface area contributed by atoms with E-state index in [0.29, 0.717) is 24.5 Å². The van der Waals surface area contributed by atoms with E-state index in [2.05, 4.69) is 29.2 Å². The summed E-state index contributed by atoms with van der Waals surface area (Å²) in [5.41, 5.74) is 1.83. The summed E-state index contributed by atoms with van der Waals surface area (Å²) in [6.45, 7) is 1.59. The van der Waals surface area contributed by atoms with E-state index in [1.54, 1.807) is 21.3 Å². The van der Waals surface area contributed by atoms with Gasteiger partial charge in [-0.15, -0.1) is 0 Å². The van der Waals surface area contributed by atoms with E-state index in [9.17, 15) is 4.79 Å². The van der Waals surface area contributed by atoms with Crippen molar-refractivity contribution in [2.24, 2.45) is 0 Å². The van der Waals surface area contributed by atoms with Gasteiger partial charge in [-0.2, -0.15) is 0 Å². The molecule has 0 saturated carbocycles. The van der Waals surface area contributed by atoms with E-state index >= 15 is 0 Å². The molecule has 1 atom stereocenters. The molecule has 6 nitrogen and oxygen atoms in total. The number of nitrogens with zero attached hydrogens (tertiary/aromatic N) is 1. The molecule has 0 spiro atoms. The molecular weight excluding hydrogens is 394 g/mol. The lowest BCUT2D eigenvalue weighted by Crippen LogP contribution is -2.54. The summed E-state index contributed by atoms with van der Waals surface area (Å²) in [5.74, 6) is 2.07. The van der Waals surface area contributed by atoms with Crippen molar-refractivity contribution in [2.75, 3.05) is 35.0 Å². The Morgan fingerprint density at radius 1 is 0.871 bits per heavy atom. The Labute approximate surface area is 181 Å². The minimum Gasteiger partial charge on any atom is -0.497 e. The fourth-order valence-electron chi connectivity index (χ4n) is 5.54. The second-order valence-electron chi connectivity index (χ2n) is 8.35. The maximum Gasteiger partial charge on any atom is 0.326 e. The number of rotatable bonds is 4. The molecule has 0 bridgehead atoms. The van der Waals surface area contributed by atoms with E-state index in [1.807, 2.05) is 6.07 Å². The first-order valence-electron chi connectivity index (χ1n) is 10.6. The van der Waals surface area contributed by atoms with Crippen molar-refractivity contribution in [1.82, 2.24) is 4.90 Å². The number of esters is 1. The molecule has 162 valence electrons. The summed E-state index contributed by atoms with van der Waals surface area (Å²) in [7, 11) is 6.48. The summed E-state index contributed by atoms with van der Waals surface area (Å²) in [6, 6.07) is 10.3. The molecule has 3 aromatic rings. The quantitative estimate of drug-likeness (QED) is 0.467. The van der Waals surface area contributed by atoms with Crippen LogP contribution in [0.1, 0.15) is 24.0 Å². The Morgan fingerprint density at radius 2 is 1.58 bits per heavy atom. The Kier molecular flexibility index (Phi) is 4.70. The van der Waals surface area contributed by atoms with Crippen LogP contribution in [-0.2, 0) is 22.5 Å². The van der Waals surface area contributed by atoms with Crippen molar-refractivity contribution in [3.8, 4) is 17.2 Å². The van der Waals surface area contributed by atoms with Gasteiger partial charge in [0.1, 0.15) is 11.3 Å². The first-order chi connectivity index (χ1) is 15.1. The van der Waals surface area contributed by atoms with Crippen LogP contribution in [0.4, 0.5) is 0 Å². The van der Waals surface area contributed by atoms with E-state index in [4.69, 9.17) is 18.9 Å². The Bertz CT molecular complexity index is 1200. The summed E-state index contributed by atoms with van der Waals surface area (Å²) in [6.07, 6.45) is 2.43. The van der Waals surface area contributed by atoms with Crippen LogP contribution in [0.3, 0.4) is 0 Å². The molecule has 0 radical (unpaired) electrons. The number of ether oxygens (including phenoxy) is 4. The van der Waals surface area contributed by atoms with Crippen molar-refractivity contribution in [3.63, 3.8) is 0 Å². The Balaban J connectivity index is 1.87. The van der Waals surface area contributed by atoms with Crippen molar-refractivity contribution >= 4 is 27.5 Å². The Hall–Kier alpha value is -2.99. The highest BCUT2D eigenvalue weighted by Gasteiger charge is 2.51. The number of fused-ring (bicyclic) bond motifs is 7. The molecule has 2 aliphatic rings. The average Bonchev–Trinajstić information content (AvgIpc) is 3.25. The van der Waals surface area contributed by atoms with Crippen molar-refractivity contribution in [1.29, 1.82) is 0 Å². The fraction of sp³-hybridized carbons (Fsp3) is 0.400. The number of methoxy groups -OCH3 is 4. The van der Waals surface area contributed by atoms with Crippen LogP contribution in [0.15, 0.2) is 30.3 Å². The zero-order valence-electron chi connectivity index (χ0n) is 18.4. The molecule has 1 fully saturated rings. The predicted molar refractivity (Wildman–Crippen MR) is 119 cm³/mol. The molecule has 6 heteroatoms. The first kappa shape index (κ1) is 19.9. The predicted octanol–water partition coefficient (Wildman–Crippen LogP) is 4.08. The van der Waals surface area contributed by atoms with E-state index in [0.717, 1.165) is 46.7 Å². The monoisotopic (exact) mass is 421 g/mol. The average molecular weight is 421 g/mol. The smallest absolute Gasteiger partial charge is 0.326 e. The molecule has 2 heterocycles. The van der Waals surface area contributed by atoms with Crippen LogP contribution >= 0.6 is 0 Å². The van der Waals surface area contributed by atoms with Gasteiger partial charge < -0.3 is 18.9 Å². The lowest BCUT2D eigenvalue weighted by Gasteiger charge is -2.41. The summed E-state index contributed by atoms with van der Waals surface area (Å²) in [5, 5.41) is 4.47. The summed E-state index contributed by atoms with van der Waals surface area (Å²) < 4.78 is 22.0. The number of hydrogen-bond donors (Lipinski definition) is 0. The zero-order chi connectivity index (χ0) is 21.8. The van der Waals surface area contributed by atoms with Gasteiger partial charge in [0, 0.05) is 13.0 Å². The Morgan fingerprint density at radius 3 is 2.26 bits per heavy atom. The number of carbonyl (C=O) groups is 1. The van der Waals surface area contributed by atoms with Gasteiger partial charge >= 0.3 is 5.97 Å². The van der Waals surface area contributed by atoms with Crippen molar-refractivity contribution in [2.45, 2.75) is 31.3 Å². The van der Waals surface area contributed by atoms with Crippen molar-refractivity contribution in [3.05, 3.63) is 41.5 Å². The zero-order valence-corrected chi connectivity index (χ0v) is 18.4. The van der Waals surface area contributed by atoms with Gasteiger partial charge in [0.2, 0.25) is 0 Å². The second kappa shape index (κ2) is 7.31. The molecule has 0 amide bonds. The largest absolute Gasteiger partial charge is 0.497 e. The van der Waals surface area contributed by atoms with E-state index in [1.165, 1.54) is 18.2 Å². The van der Waals surface area contributed by atoms with E-state index < -0.39 is 5.54 Å². The van der Waals surface area contributed by atoms with Gasteiger partial charge in [0.15, 0.2) is 11.5 Å². The summed E-state index contributed by atoms with van der Waals surface area (Å²) >= 11 is 0.